The van der Waals surface area contributed by atoms with Crippen LogP contribution < -0.4 is 15.4 Å². The molecule has 0 radical (unpaired) electrons. The van der Waals surface area contributed by atoms with Gasteiger partial charge >= 0.3 is 0 Å². The van der Waals surface area contributed by atoms with E-state index in [0.717, 1.165) is 19.4 Å². The Morgan fingerprint density at radius 2 is 2.38 bits per heavy atom. The number of nitrogens with zero attached hydrogens (tertiary/aromatic N) is 2. The summed E-state index contributed by atoms with van der Waals surface area (Å²) in [5.41, 5.74) is 7.13. The van der Waals surface area contributed by atoms with E-state index in [2.05, 4.69) is 16.8 Å². The molecule has 1 aromatic heterocycles. The fraction of sp³-hybridized carbons (Fsp3) is 0.583. The Balaban J connectivity index is 2.16. The van der Waals surface area contributed by atoms with Gasteiger partial charge in [0, 0.05) is 36.6 Å². The van der Waals surface area contributed by atoms with Gasteiger partial charge in [-0.3, -0.25) is 0 Å². The highest BCUT2D eigenvalue weighted by atomic mass is 16.5. The van der Waals surface area contributed by atoms with Gasteiger partial charge in [-0.05, 0) is 25.8 Å². The molecule has 0 saturated carbocycles. The molecule has 0 bridgehead atoms. The number of anilines is 1. The lowest BCUT2D eigenvalue weighted by Crippen LogP contribution is -2.45. The lowest BCUT2D eigenvalue weighted by Gasteiger charge is -2.38. The average Bonchev–Trinajstić information content (AvgIpc) is 2.29. The topological polar surface area (TPSA) is 51.4 Å². The van der Waals surface area contributed by atoms with Crippen LogP contribution in [0, 0.1) is 0 Å². The van der Waals surface area contributed by atoms with Crippen molar-refractivity contribution in [1.82, 2.24) is 4.98 Å². The molecule has 2 rings (SSSR count). The highest BCUT2D eigenvalue weighted by Crippen LogP contribution is 2.25. The van der Waals surface area contributed by atoms with Gasteiger partial charge in [0.2, 0.25) is 5.88 Å². The van der Waals surface area contributed by atoms with Crippen molar-refractivity contribution >= 4 is 5.69 Å². The molecular formula is C12H19N3O. The van der Waals surface area contributed by atoms with Crippen molar-refractivity contribution in [2.75, 3.05) is 18.6 Å². The van der Waals surface area contributed by atoms with E-state index in [-0.39, 0.29) is 0 Å². The Hall–Kier alpha value is -1.29. The molecule has 1 aliphatic heterocycles. The van der Waals surface area contributed by atoms with Crippen LogP contribution in [0.4, 0.5) is 5.69 Å². The number of rotatable bonds is 2. The highest BCUT2D eigenvalue weighted by Gasteiger charge is 2.23. The molecular weight excluding hydrogens is 202 g/mol. The zero-order valence-electron chi connectivity index (χ0n) is 9.89. The standard InChI is InChI=1S/C12H19N3O/c1-9-7-10(13)4-6-15(9)11-3-5-14-12(8-11)16-2/h3,5,8-10H,4,6-7,13H2,1-2H3. The minimum Gasteiger partial charge on any atom is -0.481 e. The molecule has 4 heteroatoms. The quantitative estimate of drug-likeness (QED) is 0.820. The first-order chi connectivity index (χ1) is 7.70. The lowest BCUT2D eigenvalue weighted by atomic mass is 9.98. The molecule has 2 unspecified atom stereocenters. The second-order valence-corrected chi connectivity index (χ2v) is 4.38. The molecule has 1 aliphatic rings. The van der Waals surface area contributed by atoms with Crippen LogP contribution in [0.25, 0.3) is 0 Å². The molecule has 2 heterocycles. The van der Waals surface area contributed by atoms with Gasteiger partial charge in [-0.15, -0.1) is 0 Å². The van der Waals surface area contributed by atoms with E-state index in [4.69, 9.17) is 10.5 Å². The summed E-state index contributed by atoms with van der Waals surface area (Å²) in [7, 11) is 1.64. The zero-order chi connectivity index (χ0) is 11.5. The van der Waals surface area contributed by atoms with Crippen molar-refractivity contribution in [1.29, 1.82) is 0 Å². The molecule has 1 fully saturated rings. The minimum absolute atomic E-state index is 0.343. The molecule has 1 saturated heterocycles. The van der Waals surface area contributed by atoms with E-state index in [1.54, 1.807) is 13.3 Å². The first kappa shape index (κ1) is 11.2. The van der Waals surface area contributed by atoms with Crippen LogP contribution in [0.5, 0.6) is 5.88 Å². The predicted molar refractivity (Wildman–Crippen MR) is 64.8 cm³/mol. The van der Waals surface area contributed by atoms with Gasteiger partial charge in [-0.2, -0.15) is 0 Å². The number of nitrogens with two attached hydrogens (primary N) is 1. The van der Waals surface area contributed by atoms with Crippen LogP contribution in [-0.4, -0.2) is 30.7 Å². The molecule has 0 aromatic carbocycles. The summed E-state index contributed by atoms with van der Waals surface area (Å²) in [5.74, 6) is 0.666. The maximum Gasteiger partial charge on any atom is 0.214 e. The van der Waals surface area contributed by atoms with E-state index < -0.39 is 0 Å². The molecule has 1 aromatic rings. The van der Waals surface area contributed by atoms with Gasteiger partial charge in [-0.1, -0.05) is 0 Å². The third-order valence-corrected chi connectivity index (χ3v) is 3.18. The molecule has 0 spiro atoms. The van der Waals surface area contributed by atoms with Crippen LogP contribution in [-0.2, 0) is 0 Å². The monoisotopic (exact) mass is 221 g/mol. The van der Waals surface area contributed by atoms with Crippen LogP contribution >= 0.6 is 0 Å². The summed E-state index contributed by atoms with van der Waals surface area (Å²) in [4.78, 5) is 6.49. The number of aromatic nitrogens is 1. The van der Waals surface area contributed by atoms with E-state index in [0.29, 0.717) is 18.0 Å². The summed E-state index contributed by atoms with van der Waals surface area (Å²) < 4.78 is 5.14. The number of piperidine rings is 1. The van der Waals surface area contributed by atoms with E-state index in [1.807, 2.05) is 12.1 Å². The fourth-order valence-electron chi connectivity index (χ4n) is 2.28. The Kier molecular flexibility index (Phi) is 3.29. The molecule has 4 nitrogen and oxygen atoms in total. The van der Waals surface area contributed by atoms with Gasteiger partial charge in [0.25, 0.3) is 0 Å². The van der Waals surface area contributed by atoms with Gasteiger partial charge < -0.3 is 15.4 Å². The predicted octanol–water partition coefficient (Wildman–Crippen LogP) is 1.41. The van der Waals surface area contributed by atoms with E-state index in [1.165, 1.54) is 5.69 Å². The Labute approximate surface area is 96.4 Å². The summed E-state index contributed by atoms with van der Waals surface area (Å²) >= 11 is 0. The number of ether oxygens (including phenoxy) is 1. The third-order valence-electron chi connectivity index (χ3n) is 3.18. The molecule has 0 aliphatic carbocycles. The normalized spacial score (nSPS) is 25.6. The summed E-state index contributed by atoms with van der Waals surface area (Å²) in [6.45, 7) is 3.22. The number of hydrogen-bond donors (Lipinski definition) is 1. The van der Waals surface area contributed by atoms with Crippen LogP contribution in [0.3, 0.4) is 0 Å². The average molecular weight is 221 g/mol. The number of hydrogen-bond acceptors (Lipinski definition) is 4. The molecule has 2 N–H and O–H groups in total. The van der Waals surface area contributed by atoms with Gasteiger partial charge in [0.1, 0.15) is 0 Å². The minimum atomic E-state index is 0.343. The molecule has 16 heavy (non-hydrogen) atoms. The molecule has 0 amide bonds. The van der Waals surface area contributed by atoms with Gasteiger partial charge in [0.05, 0.1) is 7.11 Å². The van der Waals surface area contributed by atoms with Gasteiger partial charge in [-0.25, -0.2) is 4.98 Å². The van der Waals surface area contributed by atoms with Gasteiger partial charge in [0.15, 0.2) is 0 Å². The fourth-order valence-corrected chi connectivity index (χ4v) is 2.28. The first-order valence-corrected chi connectivity index (χ1v) is 5.73. The summed E-state index contributed by atoms with van der Waals surface area (Å²) in [6, 6.07) is 4.83. The smallest absolute Gasteiger partial charge is 0.214 e. The molecule has 88 valence electrons. The number of methoxy groups -OCH3 is 1. The van der Waals surface area contributed by atoms with Crippen LogP contribution in [0.1, 0.15) is 19.8 Å². The maximum absolute atomic E-state index is 5.96. The zero-order valence-corrected chi connectivity index (χ0v) is 9.89. The Morgan fingerprint density at radius 1 is 1.56 bits per heavy atom. The summed E-state index contributed by atoms with van der Waals surface area (Å²) in [6.07, 6.45) is 3.88. The van der Waals surface area contributed by atoms with Crippen molar-refractivity contribution in [3.05, 3.63) is 18.3 Å². The second kappa shape index (κ2) is 4.70. The van der Waals surface area contributed by atoms with Crippen LogP contribution in [0.15, 0.2) is 18.3 Å². The third kappa shape index (κ3) is 2.27. The highest BCUT2D eigenvalue weighted by molar-refractivity contribution is 5.49. The number of pyridine rings is 1. The Morgan fingerprint density at radius 3 is 3.06 bits per heavy atom. The maximum atomic E-state index is 5.96. The summed E-state index contributed by atoms with van der Waals surface area (Å²) in [5, 5.41) is 0. The van der Waals surface area contributed by atoms with Crippen molar-refractivity contribution in [3.8, 4) is 5.88 Å². The first-order valence-electron chi connectivity index (χ1n) is 5.73. The van der Waals surface area contributed by atoms with Crippen molar-refractivity contribution in [2.45, 2.75) is 31.8 Å². The largest absolute Gasteiger partial charge is 0.481 e. The Bertz CT molecular complexity index is 356. The molecule has 2 atom stereocenters. The van der Waals surface area contributed by atoms with E-state index >= 15 is 0 Å². The van der Waals surface area contributed by atoms with Crippen molar-refractivity contribution in [2.24, 2.45) is 5.73 Å². The lowest BCUT2D eigenvalue weighted by molar-refractivity contribution is 0.396. The van der Waals surface area contributed by atoms with Crippen molar-refractivity contribution in [3.63, 3.8) is 0 Å². The second-order valence-electron chi connectivity index (χ2n) is 4.38. The van der Waals surface area contributed by atoms with E-state index in [9.17, 15) is 0 Å². The van der Waals surface area contributed by atoms with Crippen molar-refractivity contribution < 1.29 is 4.74 Å². The SMILES string of the molecule is COc1cc(N2CCC(N)CC2C)ccn1. The van der Waals surface area contributed by atoms with Crippen LogP contribution in [0.2, 0.25) is 0 Å².